The van der Waals surface area contributed by atoms with Crippen LogP contribution in [0.15, 0.2) is 0 Å². The Morgan fingerprint density at radius 1 is 1.14 bits per heavy atom. The van der Waals surface area contributed by atoms with Crippen molar-refractivity contribution in [2.45, 2.75) is 0 Å². The number of nitrogens with two attached hydrogens (primary N) is 2. The van der Waals surface area contributed by atoms with Crippen LogP contribution in [0.4, 0.5) is 0 Å². The molecule has 0 fully saturated rings. The second kappa shape index (κ2) is 15.7. The van der Waals surface area contributed by atoms with Gasteiger partial charge in [0, 0.05) is 13.1 Å². The van der Waals surface area contributed by atoms with Crippen molar-refractivity contribution in [2.75, 3.05) is 13.1 Å². The monoisotopic (exact) mass is 193 g/mol. The van der Waals surface area contributed by atoms with Crippen molar-refractivity contribution in [3.8, 4) is 0 Å². The third-order valence-electron chi connectivity index (χ3n) is 0.167. The van der Waals surface area contributed by atoms with Gasteiger partial charge in [0.05, 0.1) is 0 Å². The van der Waals surface area contributed by atoms with Gasteiger partial charge in [-0.15, -0.1) is 0 Å². The van der Waals surface area contributed by atoms with E-state index in [4.69, 9.17) is 11.5 Å². The topological polar surface area (TPSA) is 52.0 Å². The van der Waals surface area contributed by atoms with E-state index in [0.717, 1.165) is 13.1 Å². The van der Waals surface area contributed by atoms with E-state index in [1.807, 2.05) is 0 Å². The molecule has 0 aromatic heterocycles. The standard InChI is InChI=1S/C2H8N2.2ClH.Cu/c3-1-2-4;;;/h1-4H2;2*1H;/q;;;+2/p-2. The minimum atomic E-state index is 0.597. The molecule has 0 rings (SSSR count). The Hall–Kier alpha value is 1.02. The Morgan fingerprint density at radius 3 is 1.29 bits per heavy atom. The molecule has 0 aliphatic heterocycles. The molecule has 0 aromatic carbocycles. The molecule has 0 radical (unpaired) electrons. The van der Waals surface area contributed by atoms with E-state index in [0.29, 0.717) is 13.1 Å². The van der Waals surface area contributed by atoms with Crippen molar-refractivity contribution in [3.05, 3.63) is 0 Å². The predicted octanol–water partition coefficient (Wildman–Crippen LogP) is 0.280. The van der Waals surface area contributed by atoms with Crippen LogP contribution in [0, 0.1) is 0 Å². The van der Waals surface area contributed by atoms with Crippen LogP contribution < -0.4 is 11.5 Å². The van der Waals surface area contributed by atoms with Crippen molar-refractivity contribution in [1.82, 2.24) is 0 Å². The molecule has 4 N–H and O–H groups in total. The molecule has 0 amide bonds. The van der Waals surface area contributed by atoms with Gasteiger partial charge in [-0.2, -0.15) is 0 Å². The summed E-state index contributed by atoms with van der Waals surface area (Å²) < 4.78 is 0. The Bertz CT molecular complexity index is 21.2. The zero-order valence-corrected chi connectivity index (χ0v) is 6.08. The molecule has 0 unspecified atom stereocenters. The van der Waals surface area contributed by atoms with Crippen molar-refractivity contribution >= 4 is 20.2 Å². The average Bonchev–Trinajstić information content (AvgIpc) is 1.69. The Balaban J connectivity index is 0. The summed E-state index contributed by atoms with van der Waals surface area (Å²) in [6, 6.07) is 0. The third-order valence-corrected chi connectivity index (χ3v) is 0.167. The first-order valence-corrected chi connectivity index (χ1v) is 4.14. The van der Waals surface area contributed by atoms with E-state index < -0.39 is 0 Å². The van der Waals surface area contributed by atoms with Crippen LogP contribution in [-0.4, -0.2) is 13.1 Å². The fourth-order valence-corrected chi connectivity index (χ4v) is 0. The molecule has 0 aliphatic rings. The van der Waals surface area contributed by atoms with Gasteiger partial charge in [-0.25, -0.2) is 0 Å². The summed E-state index contributed by atoms with van der Waals surface area (Å²) in [5, 5.41) is 0. The summed E-state index contributed by atoms with van der Waals surface area (Å²) >= 11 is 0.757. The predicted molar refractivity (Wildman–Crippen MR) is 29.8 cm³/mol. The molecule has 0 aromatic rings. The van der Waals surface area contributed by atoms with E-state index >= 15 is 0 Å². The Labute approximate surface area is 58.1 Å². The van der Waals surface area contributed by atoms with Gasteiger partial charge in [-0.3, -0.25) is 0 Å². The van der Waals surface area contributed by atoms with Gasteiger partial charge < -0.3 is 11.5 Å². The maximum absolute atomic E-state index is 4.90. The van der Waals surface area contributed by atoms with Crippen molar-refractivity contribution < 1.29 is 13.1 Å². The van der Waals surface area contributed by atoms with Crippen molar-refractivity contribution in [2.24, 2.45) is 11.5 Å². The van der Waals surface area contributed by atoms with E-state index in [9.17, 15) is 0 Å². The van der Waals surface area contributed by atoms with Gasteiger partial charge in [-0.1, -0.05) is 0 Å². The van der Waals surface area contributed by atoms with Crippen LogP contribution in [0.3, 0.4) is 0 Å². The Kier molecular flexibility index (Phi) is 24.5. The molecule has 0 aliphatic carbocycles. The number of halogens is 2. The summed E-state index contributed by atoms with van der Waals surface area (Å²) in [7, 11) is 9.34. The summed E-state index contributed by atoms with van der Waals surface area (Å²) in [5.41, 5.74) is 9.81. The van der Waals surface area contributed by atoms with Crippen LogP contribution in [0.1, 0.15) is 0 Å². The zero-order chi connectivity index (χ0) is 6.12. The molecule has 51 valence electrons. The van der Waals surface area contributed by atoms with E-state index in [2.05, 4.69) is 20.2 Å². The first kappa shape index (κ1) is 10.9. The van der Waals surface area contributed by atoms with Gasteiger partial charge >= 0.3 is 33.3 Å². The van der Waals surface area contributed by atoms with Crippen LogP contribution in [0.25, 0.3) is 0 Å². The van der Waals surface area contributed by atoms with Crippen molar-refractivity contribution in [1.29, 1.82) is 0 Å². The first-order valence-electron chi connectivity index (χ1n) is 1.54. The molecule has 0 saturated heterocycles. The average molecular weight is 195 g/mol. The summed E-state index contributed by atoms with van der Waals surface area (Å²) in [4.78, 5) is 0. The number of hydrogen-bond acceptors (Lipinski definition) is 2. The molecular weight excluding hydrogens is 186 g/mol. The molecule has 5 heteroatoms. The third kappa shape index (κ3) is 43.4. The minimum absolute atomic E-state index is 0.597. The van der Waals surface area contributed by atoms with Crippen LogP contribution >= 0.6 is 20.2 Å². The van der Waals surface area contributed by atoms with E-state index in [1.165, 1.54) is 0 Å². The molecule has 0 atom stereocenters. The molecular formula is C2H8Cl2CuN2. The SMILES string of the molecule is NCCN.[Cl][Cu][Cl]. The van der Waals surface area contributed by atoms with Gasteiger partial charge in [-0.05, 0) is 0 Å². The van der Waals surface area contributed by atoms with E-state index in [-0.39, 0.29) is 0 Å². The fraction of sp³-hybridized carbons (Fsp3) is 1.00. The van der Waals surface area contributed by atoms with Gasteiger partial charge in [0.25, 0.3) is 0 Å². The molecule has 0 saturated carbocycles. The molecule has 7 heavy (non-hydrogen) atoms. The maximum atomic E-state index is 4.90. The quantitative estimate of drug-likeness (QED) is 0.589. The molecule has 0 bridgehead atoms. The van der Waals surface area contributed by atoms with Crippen LogP contribution in [-0.2, 0) is 13.1 Å². The van der Waals surface area contributed by atoms with Crippen LogP contribution in [0.2, 0.25) is 0 Å². The molecule has 0 heterocycles. The second-order valence-electron chi connectivity index (χ2n) is 0.620. The summed E-state index contributed by atoms with van der Waals surface area (Å²) in [5.74, 6) is 0. The van der Waals surface area contributed by atoms with Gasteiger partial charge in [0.1, 0.15) is 0 Å². The van der Waals surface area contributed by atoms with E-state index in [1.54, 1.807) is 0 Å². The normalized spacial score (nSPS) is 7.43. The number of hydrogen-bond donors (Lipinski definition) is 2. The van der Waals surface area contributed by atoms with Crippen LogP contribution in [0.5, 0.6) is 0 Å². The second-order valence-corrected chi connectivity index (χ2v) is 2.18. The zero-order valence-electron chi connectivity index (χ0n) is 3.63. The van der Waals surface area contributed by atoms with Crippen molar-refractivity contribution in [3.63, 3.8) is 0 Å². The Morgan fingerprint density at radius 2 is 1.29 bits per heavy atom. The molecule has 2 nitrogen and oxygen atoms in total. The summed E-state index contributed by atoms with van der Waals surface area (Å²) in [6.45, 7) is 1.19. The number of rotatable bonds is 1. The van der Waals surface area contributed by atoms with Gasteiger partial charge in [0.15, 0.2) is 0 Å². The summed E-state index contributed by atoms with van der Waals surface area (Å²) in [6.07, 6.45) is 0. The first-order chi connectivity index (χ1) is 3.33. The molecule has 0 spiro atoms. The fourth-order valence-electron chi connectivity index (χ4n) is 0. The van der Waals surface area contributed by atoms with Gasteiger partial charge in [0.2, 0.25) is 0 Å².